The van der Waals surface area contributed by atoms with Crippen LogP contribution in [0.5, 0.6) is 0 Å². The number of carbonyl (C=O) groups is 1. The summed E-state index contributed by atoms with van der Waals surface area (Å²) < 4.78 is 0. The van der Waals surface area contributed by atoms with E-state index >= 15 is 0 Å². The number of rotatable bonds is 5. The molecule has 0 bridgehead atoms. The highest BCUT2D eigenvalue weighted by atomic mass is 79.9. The molecule has 0 saturated carbocycles. The van der Waals surface area contributed by atoms with Crippen molar-refractivity contribution in [3.8, 4) is 0 Å². The first kappa shape index (κ1) is 11.4. The summed E-state index contributed by atoms with van der Waals surface area (Å²) >= 11 is 3.43. The molecular weight excluding hydrogens is 240 g/mol. The van der Waals surface area contributed by atoms with Crippen LogP contribution in [0.4, 0.5) is 0 Å². The summed E-state index contributed by atoms with van der Waals surface area (Å²) in [5.41, 5.74) is 1.21. The number of carbonyl (C=O) groups excluding carboxylic acids is 1. The van der Waals surface area contributed by atoms with E-state index in [1.54, 1.807) is 0 Å². The molecule has 1 rings (SSSR count). The van der Waals surface area contributed by atoms with Gasteiger partial charge in [0.25, 0.3) is 0 Å². The van der Waals surface area contributed by atoms with Gasteiger partial charge in [-0.25, -0.2) is 0 Å². The van der Waals surface area contributed by atoms with E-state index in [-0.39, 0.29) is 4.83 Å². The maximum Gasteiger partial charge on any atom is 0.146 e. The second-order valence-corrected chi connectivity index (χ2v) is 4.48. The Morgan fingerprint density at radius 3 is 2.57 bits per heavy atom. The van der Waals surface area contributed by atoms with Gasteiger partial charge >= 0.3 is 0 Å². The molecule has 0 spiro atoms. The Labute approximate surface area is 93.7 Å². The summed E-state index contributed by atoms with van der Waals surface area (Å²) in [6.07, 6.45) is 2.39. The molecule has 0 amide bonds. The van der Waals surface area contributed by atoms with Gasteiger partial charge in [0.2, 0.25) is 0 Å². The predicted molar refractivity (Wildman–Crippen MR) is 62.8 cm³/mol. The van der Waals surface area contributed by atoms with Crippen LogP contribution in [-0.2, 0) is 11.2 Å². The van der Waals surface area contributed by atoms with Crippen molar-refractivity contribution in [2.45, 2.75) is 31.0 Å². The molecule has 1 nitrogen and oxygen atoms in total. The Hall–Kier alpha value is -0.630. The van der Waals surface area contributed by atoms with Crippen LogP contribution in [0.15, 0.2) is 30.3 Å². The summed E-state index contributed by atoms with van der Waals surface area (Å²) in [5, 5.41) is 0. The third-order valence-corrected chi connectivity index (χ3v) is 2.94. The molecule has 1 aromatic carbocycles. The van der Waals surface area contributed by atoms with E-state index in [0.29, 0.717) is 12.2 Å². The zero-order valence-corrected chi connectivity index (χ0v) is 9.96. The fraction of sp³-hybridized carbons (Fsp3) is 0.417. The number of halogens is 1. The molecule has 1 unspecified atom stereocenters. The van der Waals surface area contributed by atoms with Gasteiger partial charge in [0.05, 0.1) is 4.83 Å². The molecule has 0 heterocycles. The quantitative estimate of drug-likeness (QED) is 0.737. The first-order valence-electron chi connectivity index (χ1n) is 4.94. The Bertz CT molecular complexity index is 282. The Morgan fingerprint density at radius 1 is 1.36 bits per heavy atom. The molecular formula is C12H15BrO. The average molecular weight is 255 g/mol. The molecule has 0 aliphatic carbocycles. The van der Waals surface area contributed by atoms with E-state index in [1.807, 2.05) is 37.3 Å². The van der Waals surface area contributed by atoms with Crippen LogP contribution in [0.2, 0.25) is 0 Å². The summed E-state index contributed by atoms with van der Waals surface area (Å²) in [4.78, 5) is 11.5. The lowest BCUT2D eigenvalue weighted by molar-refractivity contribution is -0.118. The fourth-order valence-corrected chi connectivity index (χ4v) is 1.94. The number of ketones is 1. The highest BCUT2D eigenvalue weighted by molar-refractivity contribution is 9.10. The van der Waals surface area contributed by atoms with Gasteiger partial charge < -0.3 is 0 Å². The molecule has 2 heteroatoms. The van der Waals surface area contributed by atoms with Gasteiger partial charge in [-0.2, -0.15) is 0 Å². The predicted octanol–water partition coefficient (Wildman–Crippen LogP) is 3.36. The maximum atomic E-state index is 11.5. The molecule has 0 N–H and O–H groups in total. The van der Waals surface area contributed by atoms with Gasteiger partial charge in [0, 0.05) is 6.42 Å². The summed E-state index contributed by atoms with van der Waals surface area (Å²) in [6, 6.07) is 10.1. The second kappa shape index (κ2) is 5.97. The Morgan fingerprint density at radius 2 is 2.00 bits per heavy atom. The lowest BCUT2D eigenvalue weighted by atomic mass is 10.1. The second-order valence-electron chi connectivity index (χ2n) is 3.37. The SMILES string of the molecule is CCCC(=O)C(Br)Cc1ccccc1. The number of hydrogen-bond donors (Lipinski definition) is 0. The fourth-order valence-electron chi connectivity index (χ4n) is 1.34. The van der Waals surface area contributed by atoms with E-state index < -0.39 is 0 Å². The lowest BCUT2D eigenvalue weighted by Crippen LogP contribution is -2.15. The van der Waals surface area contributed by atoms with Crippen LogP contribution < -0.4 is 0 Å². The zero-order chi connectivity index (χ0) is 10.4. The topological polar surface area (TPSA) is 17.1 Å². The summed E-state index contributed by atoms with van der Waals surface area (Å²) in [6.45, 7) is 2.03. The minimum absolute atomic E-state index is 0.0233. The van der Waals surface area contributed by atoms with Gasteiger partial charge in [0.1, 0.15) is 5.78 Å². The Balaban J connectivity index is 2.49. The van der Waals surface area contributed by atoms with E-state index in [1.165, 1.54) is 5.56 Å². The monoisotopic (exact) mass is 254 g/mol. The van der Waals surface area contributed by atoms with Crippen LogP contribution in [0, 0.1) is 0 Å². The van der Waals surface area contributed by atoms with Crippen molar-refractivity contribution >= 4 is 21.7 Å². The minimum Gasteiger partial charge on any atom is -0.298 e. The van der Waals surface area contributed by atoms with Gasteiger partial charge in [-0.1, -0.05) is 53.2 Å². The molecule has 1 aromatic rings. The van der Waals surface area contributed by atoms with Crippen LogP contribution in [0.3, 0.4) is 0 Å². The van der Waals surface area contributed by atoms with Crippen LogP contribution >= 0.6 is 15.9 Å². The van der Waals surface area contributed by atoms with Crippen molar-refractivity contribution in [1.82, 2.24) is 0 Å². The lowest BCUT2D eigenvalue weighted by Gasteiger charge is -2.07. The normalized spacial score (nSPS) is 12.4. The van der Waals surface area contributed by atoms with Crippen molar-refractivity contribution in [2.24, 2.45) is 0 Å². The molecule has 1 atom stereocenters. The largest absolute Gasteiger partial charge is 0.298 e. The van der Waals surface area contributed by atoms with Crippen molar-refractivity contribution in [2.75, 3.05) is 0 Å². The first-order valence-corrected chi connectivity index (χ1v) is 5.86. The van der Waals surface area contributed by atoms with Gasteiger partial charge in [0.15, 0.2) is 0 Å². The molecule has 76 valence electrons. The van der Waals surface area contributed by atoms with Crippen LogP contribution in [-0.4, -0.2) is 10.6 Å². The highest BCUT2D eigenvalue weighted by Gasteiger charge is 2.13. The Kier molecular flexibility index (Phi) is 4.88. The molecule has 0 fully saturated rings. The van der Waals surface area contributed by atoms with E-state index in [4.69, 9.17) is 0 Å². The molecule has 0 aliphatic heterocycles. The number of alkyl halides is 1. The molecule has 0 aliphatic rings. The first-order chi connectivity index (χ1) is 6.74. The maximum absolute atomic E-state index is 11.5. The summed E-state index contributed by atoms with van der Waals surface area (Å²) in [7, 11) is 0. The van der Waals surface area contributed by atoms with Gasteiger partial charge in [-0.3, -0.25) is 4.79 Å². The average Bonchev–Trinajstić information content (AvgIpc) is 2.19. The third-order valence-electron chi connectivity index (χ3n) is 2.10. The van der Waals surface area contributed by atoms with E-state index in [9.17, 15) is 4.79 Å². The van der Waals surface area contributed by atoms with Gasteiger partial charge in [-0.15, -0.1) is 0 Å². The van der Waals surface area contributed by atoms with E-state index in [2.05, 4.69) is 15.9 Å². The highest BCUT2D eigenvalue weighted by Crippen LogP contribution is 2.12. The number of Topliss-reactive ketones (excluding diaryl/α,β-unsaturated/α-hetero) is 1. The molecule has 0 saturated heterocycles. The zero-order valence-electron chi connectivity index (χ0n) is 8.37. The molecule has 14 heavy (non-hydrogen) atoms. The van der Waals surface area contributed by atoms with Crippen LogP contribution in [0.1, 0.15) is 25.3 Å². The smallest absolute Gasteiger partial charge is 0.146 e. The van der Waals surface area contributed by atoms with Crippen molar-refractivity contribution in [1.29, 1.82) is 0 Å². The van der Waals surface area contributed by atoms with Crippen molar-refractivity contribution in [3.63, 3.8) is 0 Å². The van der Waals surface area contributed by atoms with E-state index in [0.717, 1.165) is 12.8 Å². The molecule has 0 radical (unpaired) electrons. The standard InChI is InChI=1S/C12H15BrO/c1-2-6-12(14)11(13)9-10-7-4-3-5-8-10/h3-5,7-8,11H,2,6,9H2,1H3. The number of hydrogen-bond acceptors (Lipinski definition) is 1. The van der Waals surface area contributed by atoms with Gasteiger partial charge in [-0.05, 0) is 18.4 Å². The summed E-state index contributed by atoms with van der Waals surface area (Å²) in [5.74, 6) is 0.302. The number of benzene rings is 1. The van der Waals surface area contributed by atoms with Crippen molar-refractivity contribution in [3.05, 3.63) is 35.9 Å². The third kappa shape index (κ3) is 3.62. The van der Waals surface area contributed by atoms with Crippen LogP contribution in [0.25, 0.3) is 0 Å². The minimum atomic E-state index is -0.0233. The van der Waals surface area contributed by atoms with Crippen molar-refractivity contribution < 1.29 is 4.79 Å². The molecule has 0 aromatic heterocycles.